The van der Waals surface area contributed by atoms with Gasteiger partial charge in [0, 0.05) is 24.3 Å². The molecule has 2 aromatic rings. The van der Waals surface area contributed by atoms with E-state index in [4.69, 9.17) is 32.7 Å². The number of hydrogen-bond donors (Lipinski definition) is 2. The van der Waals surface area contributed by atoms with Gasteiger partial charge in [0.25, 0.3) is 5.69 Å². The highest BCUT2D eigenvalue weighted by atomic mass is 35.5. The molecule has 0 heterocycles. The van der Waals surface area contributed by atoms with Gasteiger partial charge in [-0.3, -0.25) is 19.7 Å². The van der Waals surface area contributed by atoms with E-state index in [1.807, 2.05) is 0 Å². The first-order chi connectivity index (χ1) is 12.8. The van der Waals surface area contributed by atoms with Crippen LogP contribution in [-0.4, -0.2) is 31.0 Å². The van der Waals surface area contributed by atoms with Gasteiger partial charge in [-0.2, -0.15) is 0 Å². The minimum atomic E-state index is -1.09. The summed E-state index contributed by atoms with van der Waals surface area (Å²) < 4.78 is 10.2. The number of benzene rings is 2. The standard InChI is InChI=1S/C16H13Cl2N3O6/c1-26-13-7-12(14(27-2)6-10(13)18)20-16(23)15(22)19-11-5-8(21(24)25)3-4-9(11)17/h3-7H,1-2H3,(H,19,22)(H,20,23). The Labute approximate surface area is 163 Å². The number of halogens is 2. The van der Waals surface area contributed by atoms with Gasteiger partial charge in [-0.25, -0.2) is 0 Å². The Balaban J connectivity index is 2.21. The molecular weight excluding hydrogens is 401 g/mol. The SMILES string of the molecule is COc1cc(NC(=O)C(=O)Nc2cc([N+](=O)[O-])ccc2Cl)c(OC)cc1Cl. The summed E-state index contributed by atoms with van der Waals surface area (Å²) in [5.41, 5.74) is -0.227. The molecule has 0 aromatic heterocycles. The molecule has 11 heteroatoms. The van der Waals surface area contributed by atoms with Crippen LogP contribution in [0, 0.1) is 10.1 Å². The highest BCUT2D eigenvalue weighted by molar-refractivity contribution is 6.45. The molecular formula is C16H13Cl2N3O6. The van der Waals surface area contributed by atoms with Crippen LogP contribution >= 0.6 is 23.2 Å². The van der Waals surface area contributed by atoms with Crippen LogP contribution in [0.3, 0.4) is 0 Å². The summed E-state index contributed by atoms with van der Waals surface area (Å²) in [4.78, 5) is 34.5. The third-order valence-corrected chi connectivity index (χ3v) is 3.96. The summed E-state index contributed by atoms with van der Waals surface area (Å²) in [7, 11) is 2.74. The molecule has 0 aliphatic rings. The molecule has 142 valence electrons. The number of methoxy groups -OCH3 is 2. The molecule has 2 amide bonds. The highest BCUT2D eigenvalue weighted by Crippen LogP contribution is 2.36. The second kappa shape index (κ2) is 8.56. The number of nitrogens with zero attached hydrogens (tertiary/aromatic N) is 1. The Bertz CT molecular complexity index is 919. The van der Waals surface area contributed by atoms with Crippen molar-refractivity contribution in [1.82, 2.24) is 0 Å². The van der Waals surface area contributed by atoms with Gasteiger partial charge in [0.2, 0.25) is 0 Å². The molecule has 2 N–H and O–H groups in total. The average Bonchev–Trinajstić information content (AvgIpc) is 2.64. The first-order valence-electron chi connectivity index (χ1n) is 7.24. The fraction of sp³-hybridized carbons (Fsp3) is 0.125. The van der Waals surface area contributed by atoms with Crippen LogP contribution in [0.2, 0.25) is 10.0 Å². The Morgan fingerprint density at radius 3 is 2.07 bits per heavy atom. The topological polar surface area (TPSA) is 120 Å². The number of hydrogen-bond acceptors (Lipinski definition) is 6. The summed E-state index contributed by atoms with van der Waals surface area (Å²) in [5.74, 6) is -1.68. The van der Waals surface area contributed by atoms with Crippen molar-refractivity contribution >= 4 is 52.1 Å². The van der Waals surface area contributed by atoms with Crippen LogP contribution in [0.4, 0.5) is 17.1 Å². The van der Waals surface area contributed by atoms with Crippen LogP contribution in [0.25, 0.3) is 0 Å². The summed E-state index contributed by atoms with van der Waals surface area (Å²) >= 11 is 11.9. The molecule has 0 atom stereocenters. The zero-order valence-corrected chi connectivity index (χ0v) is 15.6. The average molecular weight is 414 g/mol. The van der Waals surface area contributed by atoms with Crippen molar-refractivity contribution in [3.63, 3.8) is 0 Å². The van der Waals surface area contributed by atoms with Crippen LogP contribution < -0.4 is 20.1 Å². The van der Waals surface area contributed by atoms with E-state index in [-0.39, 0.29) is 38.6 Å². The molecule has 0 unspecified atom stereocenters. The van der Waals surface area contributed by atoms with Crippen LogP contribution in [-0.2, 0) is 9.59 Å². The van der Waals surface area contributed by atoms with E-state index < -0.39 is 16.7 Å². The van der Waals surface area contributed by atoms with Gasteiger partial charge in [0.05, 0.1) is 40.6 Å². The molecule has 0 spiro atoms. The summed E-state index contributed by atoms with van der Waals surface area (Å²) in [5, 5.41) is 15.7. The van der Waals surface area contributed by atoms with Gasteiger partial charge < -0.3 is 20.1 Å². The Morgan fingerprint density at radius 1 is 0.926 bits per heavy atom. The first kappa shape index (κ1) is 20.3. The fourth-order valence-electron chi connectivity index (χ4n) is 2.04. The number of rotatable bonds is 5. The van der Waals surface area contributed by atoms with Gasteiger partial charge in [-0.05, 0) is 6.07 Å². The molecule has 9 nitrogen and oxygen atoms in total. The maximum absolute atomic E-state index is 12.2. The smallest absolute Gasteiger partial charge is 0.314 e. The van der Waals surface area contributed by atoms with Crippen molar-refractivity contribution < 1.29 is 24.0 Å². The number of anilines is 2. The van der Waals surface area contributed by atoms with Crippen molar-refractivity contribution in [1.29, 1.82) is 0 Å². The minimum absolute atomic E-state index is 0.0347. The third kappa shape index (κ3) is 4.78. The van der Waals surface area contributed by atoms with E-state index in [9.17, 15) is 19.7 Å². The minimum Gasteiger partial charge on any atom is -0.495 e. The fourth-order valence-corrected chi connectivity index (χ4v) is 2.43. The Morgan fingerprint density at radius 2 is 1.52 bits per heavy atom. The zero-order chi connectivity index (χ0) is 20.1. The second-order valence-electron chi connectivity index (χ2n) is 5.02. The zero-order valence-electron chi connectivity index (χ0n) is 14.0. The maximum Gasteiger partial charge on any atom is 0.314 e. The van der Waals surface area contributed by atoms with E-state index in [0.717, 1.165) is 6.07 Å². The van der Waals surface area contributed by atoms with E-state index in [0.29, 0.717) is 0 Å². The number of amides is 2. The summed E-state index contributed by atoms with van der Waals surface area (Å²) in [6.45, 7) is 0. The normalized spacial score (nSPS) is 10.1. The predicted octanol–water partition coefficient (Wildman–Crippen LogP) is 3.50. The first-order valence-corrected chi connectivity index (χ1v) is 8.00. The van der Waals surface area contributed by atoms with Gasteiger partial charge in [0.15, 0.2) is 0 Å². The van der Waals surface area contributed by atoms with Crippen molar-refractivity contribution in [3.8, 4) is 11.5 Å². The van der Waals surface area contributed by atoms with E-state index in [1.165, 1.54) is 38.5 Å². The molecule has 0 fully saturated rings. The molecule has 0 aliphatic heterocycles. The molecule has 0 saturated carbocycles. The largest absolute Gasteiger partial charge is 0.495 e. The molecule has 0 saturated heterocycles. The second-order valence-corrected chi connectivity index (χ2v) is 5.83. The quantitative estimate of drug-likeness (QED) is 0.439. The van der Waals surface area contributed by atoms with E-state index in [1.54, 1.807) is 0 Å². The number of non-ortho nitro benzene ring substituents is 1. The van der Waals surface area contributed by atoms with Crippen molar-refractivity contribution in [2.24, 2.45) is 0 Å². The third-order valence-electron chi connectivity index (χ3n) is 3.34. The molecule has 2 aromatic carbocycles. The summed E-state index contributed by atoms with van der Waals surface area (Å²) in [6.07, 6.45) is 0. The van der Waals surface area contributed by atoms with Gasteiger partial charge >= 0.3 is 11.8 Å². The molecule has 0 radical (unpaired) electrons. The van der Waals surface area contributed by atoms with Gasteiger partial charge in [-0.1, -0.05) is 23.2 Å². The Kier molecular flexibility index (Phi) is 6.43. The lowest BCUT2D eigenvalue weighted by Crippen LogP contribution is -2.29. The number of nitro benzene ring substituents is 1. The van der Waals surface area contributed by atoms with Crippen LogP contribution in [0.1, 0.15) is 0 Å². The van der Waals surface area contributed by atoms with Crippen molar-refractivity contribution in [2.75, 3.05) is 24.9 Å². The number of carbonyl (C=O) groups excluding carboxylic acids is 2. The lowest BCUT2D eigenvalue weighted by molar-refractivity contribution is -0.384. The van der Waals surface area contributed by atoms with E-state index >= 15 is 0 Å². The van der Waals surface area contributed by atoms with E-state index in [2.05, 4.69) is 10.6 Å². The molecule has 2 rings (SSSR count). The number of nitrogens with one attached hydrogen (secondary N) is 2. The molecule has 0 aliphatic carbocycles. The predicted molar refractivity (Wildman–Crippen MR) is 99.9 cm³/mol. The van der Waals surface area contributed by atoms with Crippen LogP contribution in [0.15, 0.2) is 30.3 Å². The lowest BCUT2D eigenvalue weighted by Gasteiger charge is -2.13. The number of ether oxygens (including phenoxy) is 2. The van der Waals surface area contributed by atoms with Crippen LogP contribution in [0.5, 0.6) is 11.5 Å². The lowest BCUT2D eigenvalue weighted by atomic mass is 10.2. The van der Waals surface area contributed by atoms with Crippen molar-refractivity contribution in [2.45, 2.75) is 0 Å². The maximum atomic E-state index is 12.2. The number of carbonyl (C=O) groups is 2. The van der Waals surface area contributed by atoms with Crippen molar-refractivity contribution in [3.05, 3.63) is 50.5 Å². The molecule has 0 bridgehead atoms. The summed E-state index contributed by atoms with van der Waals surface area (Å²) in [6, 6.07) is 6.24. The van der Waals surface area contributed by atoms with Gasteiger partial charge in [0.1, 0.15) is 11.5 Å². The highest BCUT2D eigenvalue weighted by Gasteiger charge is 2.20. The molecule has 27 heavy (non-hydrogen) atoms. The van der Waals surface area contributed by atoms with Gasteiger partial charge in [-0.15, -0.1) is 0 Å². The monoisotopic (exact) mass is 413 g/mol. The Hall–Kier alpha value is -3.04. The number of nitro groups is 1.